The Morgan fingerprint density at radius 3 is 1.84 bits per heavy atom. The summed E-state index contributed by atoms with van der Waals surface area (Å²) in [5.41, 5.74) is 2.55. The quantitative estimate of drug-likeness (QED) is 0.0228. The first-order valence-corrected chi connectivity index (χ1v) is 23.3. The van der Waals surface area contributed by atoms with Gasteiger partial charge in [0.1, 0.15) is 31.3 Å². The number of allylic oxidation sites excluding steroid dienone is 8. The van der Waals surface area contributed by atoms with E-state index in [0.29, 0.717) is 30.3 Å². The maximum Gasteiger partial charge on any atom is 0.306 e. The molecule has 1 N–H and O–H groups in total. The smallest absolute Gasteiger partial charge is 0.306 e. The number of rotatable bonds is 36. The van der Waals surface area contributed by atoms with Crippen LogP contribution in [-0.4, -0.2) is 81.7 Å². The van der Waals surface area contributed by atoms with Gasteiger partial charge in [-0.3, -0.25) is 14.2 Å². The maximum absolute atomic E-state index is 12.7. The van der Waals surface area contributed by atoms with Crippen molar-refractivity contribution in [3.8, 4) is 0 Å². The first-order valence-electron chi connectivity index (χ1n) is 21.8. The molecule has 0 aliphatic carbocycles. The van der Waals surface area contributed by atoms with Gasteiger partial charge in [-0.2, -0.15) is 0 Å². The fourth-order valence-corrected chi connectivity index (χ4v) is 6.64. The summed E-state index contributed by atoms with van der Waals surface area (Å²) in [6.45, 7) is 6.30. The third kappa shape index (κ3) is 29.4. The Labute approximate surface area is 351 Å². The first-order chi connectivity index (χ1) is 27.8. The Morgan fingerprint density at radius 2 is 1.24 bits per heavy atom. The highest BCUT2D eigenvalue weighted by molar-refractivity contribution is 7.45. The van der Waals surface area contributed by atoms with Gasteiger partial charge in [0.25, 0.3) is 7.82 Å². The zero-order chi connectivity index (χ0) is 42.9. The van der Waals surface area contributed by atoms with Gasteiger partial charge in [-0.05, 0) is 95.6 Å². The van der Waals surface area contributed by atoms with Crippen LogP contribution in [0.15, 0.2) is 53.0 Å². The summed E-state index contributed by atoms with van der Waals surface area (Å²) in [5, 5.41) is 8.80. The average molecular weight is 836 g/mol. The van der Waals surface area contributed by atoms with Crippen molar-refractivity contribution in [2.75, 3.05) is 54.1 Å². The van der Waals surface area contributed by atoms with E-state index < -0.39 is 32.5 Å². The highest BCUT2D eigenvalue weighted by Crippen LogP contribution is 2.38. The van der Waals surface area contributed by atoms with Crippen molar-refractivity contribution in [3.05, 3.63) is 71.3 Å². The molecule has 12 heteroatoms. The van der Waals surface area contributed by atoms with Crippen LogP contribution in [-0.2, 0) is 45.5 Å². The number of aryl methyl sites for hydroxylation is 2. The first kappa shape index (κ1) is 53.2. The number of hydrogen-bond acceptors (Lipinski definition) is 10. The average Bonchev–Trinajstić information content (AvgIpc) is 3.43. The number of hydrogen-bond donors (Lipinski definition) is 1. The second-order valence-electron chi connectivity index (χ2n) is 16.0. The summed E-state index contributed by atoms with van der Waals surface area (Å²) in [4.78, 5) is 37.6. The summed E-state index contributed by atoms with van der Waals surface area (Å²) in [6.07, 6.45) is 33.1. The molecule has 0 aliphatic heterocycles. The second-order valence-corrected chi connectivity index (χ2v) is 17.4. The third-order valence-electron chi connectivity index (χ3n) is 9.58. The molecule has 0 radical (unpaired) electrons. The molecule has 0 aromatic carbocycles. The van der Waals surface area contributed by atoms with Crippen LogP contribution in [0.2, 0.25) is 0 Å². The van der Waals surface area contributed by atoms with E-state index in [2.05, 4.69) is 63.3 Å². The van der Waals surface area contributed by atoms with E-state index in [1.54, 1.807) is 0 Å². The van der Waals surface area contributed by atoms with Gasteiger partial charge in [0.2, 0.25) is 0 Å². The lowest BCUT2D eigenvalue weighted by atomic mass is 10.0. The zero-order valence-electron chi connectivity index (χ0n) is 36.9. The number of phosphoric ester groups is 1. The standard InChI is InChI=1S/C46H78NO10P/c1-7-31-43-40(2)41(3)44(57-43)32-27-23-20-21-25-29-34-46(50)56-42(39-55-58(51,52)54-37-35-47(4,5)6)38-53-45(49)33-28-24-19-17-15-13-11-9-8-10-12-14-16-18-22-26-30-36-48/h8,10-11,13-14,16-17,19,42,48H,7,9,12,15,18,20-39H2,1-6H3/b10-8-,13-11-,16-14-,19-17-/t42-/m1/s1. The van der Waals surface area contributed by atoms with Gasteiger partial charge in [-0.1, -0.05) is 87.6 Å². The molecule has 1 unspecified atom stereocenters. The summed E-state index contributed by atoms with van der Waals surface area (Å²) in [7, 11) is 1.08. The Kier molecular flexibility index (Phi) is 30.3. The molecule has 58 heavy (non-hydrogen) atoms. The van der Waals surface area contributed by atoms with Crippen molar-refractivity contribution in [3.63, 3.8) is 0 Å². The van der Waals surface area contributed by atoms with E-state index in [4.69, 9.17) is 28.0 Å². The normalized spacial score (nSPS) is 14.0. The molecule has 0 saturated carbocycles. The summed E-state index contributed by atoms with van der Waals surface area (Å²) >= 11 is 0. The topological polar surface area (TPSA) is 145 Å². The molecule has 1 rings (SSSR count). The molecule has 332 valence electrons. The van der Waals surface area contributed by atoms with Crippen molar-refractivity contribution < 1.29 is 51.6 Å². The van der Waals surface area contributed by atoms with Gasteiger partial charge >= 0.3 is 11.9 Å². The molecule has 0 aliphatic rings. The van der Waals surface area contributed by atoms with Gasteiger partial charge in [-0.25, -0.2) is 0 Å². The van der Waals surface area contributed by atoms with Crippen LogP contribution in [0.3, 0.4) is 0 Å². The summed E-state index contributed by atoms with van der Waals surface area (Å²) < 4.78 is 40.0. The van der Waals surface area contributed by atoms with Crippen molar-refractivity contribution >= 4 is 19.8 Å². The fourth-order valence-electron chi connectivity index (χ4n) is 5.91. The van der Waals surface area contributed by atoms with Crippen LogP contribution < -0.4 is 4.89 Å². The molecule has 1 aromatic heterocycles. The van der Waals surface area contributed by atoms with Crippen molar-refractivity contribution in [2.24, 2.45) is 0 Å². The van der Waals surface area contributed by atoms with E-state index >= 15 is 0 Å². The molecule has 2 atom stereocenters. The van der Waals surface area contributed by atoms with Crippen molar-refractivity contribution in [2.45, 2.75) is 155 Å². The van der Waals surface area contributed by atoms with Gasteiger partial charge < -0.3 is 37.4 Å². The number of furan rings is 1. The number of carbonyl (C=O) groups is 2. The zero-order valence-corrected chi connectivity index (χ0v) is 37.8. The van der Waals surface area contributed by atoms with Gasteiger partial charge in [0.05, 0.1) is 27.7 Å². The van der Waals surface area contributed by atoms with Crippen molar-refractivity contribution in [1.29, 1.82) is 0 Å². The largest absolute Gasteiger partial charge is 0.756 e. The SMILES string of the molecule is CCCc1oc(CCCCCCCCC(=O)O[C@H](COC(=O)CCC/C=C\C/C=C\C/C=C\C/C=C\CCCCCO)COP(=O)([O-])OCC[N+](C)(C)C)c(C)c1C. The van der Waals surface area contributed by atoms with Crippen molar-refractivity contribution in [1.82, 2.24) is 0 Å². The number of ether oxygens (including phenoxy) is 2. The lowest BCUT2D eigenvalue weighted by Gasteiger charge is -2.28. The number of aliphatic hydroxyl groups excluding tert-OH is 1. The number of phosphoric acid groups is 1. The third-order valence-corrected chi connectivity index (χ3v) is 10.5. The van der Waals surface area contributed by atoms with Gasteiger partial charge in [0.15, 0.2) is 6.10 Å². The van der Waals surface area contributed by atoms with E-state index in [1.165, 1.54) is 11.1 Å². The molecule has 0 spiro atoms. The molecule has 0 fully saturated rings. The molecule has 1 aromatic rings. The number of nitrogens with zero attached hydrogens (tertiary/aromatic N) is 1. The highest BCUT2D eigenvalue weighted by atomic mass is 31.2. The predicted octanol–water partition coefficient (Wildman–Crippen LogP) is 9.90. The minimum Gasteiger partial charge on any atom is -0.756 e. The fraction of sp³-hybridized carbons (Fsp3) is 0.696. The number of quaternary nitrogens is 1. The Morgan fingerprint density at radius 1 is 0.707 bits per heavy atom. The molecule has 1 heterocycles. The number of carbonyl (C=O) groups excluding carboxylic acids is 2. The van der Waals surface area contributed by atoms with Crippen LogP contribution in [0.25, 0.3) is 0 Å². The minimum atomic E-state index is -4.66. The summed E-state index contributed by atoms with van der Waals surface area (Å²) in [6, 6.07) is 0. The molecule has 11 nitrogen and oxygen atoms in total. The van der Waals surface area contributed by atoms with Crippen LogP contribution in [0.1, 0.15) is 145 Å². The van der Waals surface area contributed by atoms with E-state index in [0.717, 1.165) is 108 Å². The minimum absolute atomic E-state index is 0.0551. The predicted molar refractivity (Wildman–Crippen MR) is 231 cm³/mol. The van der Waals surface area contributed by atoms with E-state index in [1.807, 2.05) is 27.2 Å². The Bertz CT molecular complexity index is 1410. The maximum atomic E-state index is 12.7. The molecule has 0 amide bonds. The number of aliphatic hydroxyl groups is 1. The van der Waals surface area contributed by atoms with Gasteiger partial charge in [0, 0.05) is 32.3 Å². The summed E-state index contributed by atoms with van der Waals surface area (Å²) in [5.74, 6) is 1.26. The van der Waals surface area contributed by atoms with Crippen LogP contribution in [0.5, 0.6) is 0 Å². The van der Waals surface area contributed by atoms with E-state index in [9.17, 15) is 19.0 Å². The Hall–Kier alpha value is -2.79. The van der Waals surface area contributed by atoms with Crippen LogP contribution in [0.4, 0.5) is 0 Å². The Balaban J connectivity index is 2.40. The molecule has 0 bridgehead atoms. The van der Waals surface area contributed by atoms with Gasteiger partial charge in [-0.15, -0.1) is 0 Å². The lowest BCUT2D eigenvalue weighted by molar-refractivity contribution is -0.870. The van der Waals surface area contributed by atoms with Crippen LogP contribution >= 0.6 is 7.82 Å². The van der Waals surface area contributed by atoms with E-state index in [-0.39, 0.29) is 32.7 Å². The highest BCUT2D eigenvalue weighted by Gasteiger charge is 2.22. The lowest BCUT2D eigenvalue weighted by Crippen LogP contribution is -2.37. The number of likely N-dealkylation sites (N-methyl/N-ethyl adjacent to an activating group) is 1. The second kappa shape index (κ2) is 33.0. The molecular formula is C46H78NO10P. The molecule has 0 saturated heterocycles. The van der Waals surface area contributed by atoms with Crippen LogP contribution in [0, 0.1) is 13.8 Å². The molecular weight excluding hydrogens is 757 g/mol. The monoisotopic (exact) mass is 836 g/mol. The number of esters is 2. The number of unbranched alkanes of at least 4 members (excludes halogenated alkanes) is 9.